The van der Waals surface area contributed by atoms with Gasteiger partial charge in [-0.1, -0.05) is 12.8 Å². The van der Waals surface area contributed by atoms with Crippen molar-refractivity contribution in [2.45, 2.75) is 6.92 Å². The zero-order valence-electron chi connectivity index (χ0n) is 17.0. The number of rotatable bonds is 7. The van der Waals surface area contributed by atoms with Gasteiger partial charge in [0.15, 0.2) is 23.0 Å². The largest absolute Gasteiger partial charge is 0.493 e. The quantitative estimate of drug-likeness (QED) is 0.489. The van der Waals surface area contributed by atoms with Gasteiger partial charge in [-0.2, -0.15) is 0 Å². The van der Waals surface area contributed by atoms with E-state index >= 15 is 0 Å². The van der Waals surface area contributed by atoms with Gasteiger partial charge in [-0.3, -0.25) is 9.62 Å². The minimum Gasteiger partial charge on any atom is -0.493 e. The van der Waals surface area contributed by atoms with Crippen molar-refractivity contribution >= 4 is 47.3 Å². The van der Waals surface area contributed by atoms with Crippen LogP contribution in [0.1, 0.15) is 6.92 Å². The van der Waals surface area contributed by atoms with E-state index in [4.69, 9.17) is 14.2 Å². The number of aromatic nitrogens is 3. The summed E-state index contributed by atoms with van der Waals surface area (Å²) in [6.07, 6.45) is 1.58. The number of carbonyl (C=O) groups excluding carboxylic acids is 1. The Labute approximate surface area is 179 Å². The molecule has 0 saturated heterocycles. The molecule has 0 saturated carbocycles. The average molecular weight is 430 g/mol. The predicted molar refractivity (Wildman–Crippen MR) is 117 cm³/mol. The predicted octanol–water partition coefficient (Wildman–Crippen LogP) is 3.49. The maximum Gasteiger partial charge on any atom is 0.332 e. The minimum atomic E-state index is -0.382. The van der Waals surface area contributed by atoms with Crippen LogP contribution in [0, 0.1) is 0 Å². The number of thiol groups is 1. The maximum absolute atomic E-state index is 12.0. The van der Waals surface area contributed by atoms with Gasteiger partial charge >= 0.3 is 6.03 Å². The number of anilines is 3. The highest BCUT2D eigenvalue weighted by molar-refractivity contribution is 7.78. The standard InChI is InChI=1S/C19H22N6O4S/c1-5-25(30)19(26)24-15-7-6-12-18(22-15)23-16(10-20-12)21-11-8-13(27-2)17(29-4)14(9-11)28-3/h6-10,30H,5H2,1-4H3,(H2,21,22,23,24,26). The van der Waals surface area contributed by atoms with Crippen LogP contribution in [0.3, 0.4) is 0 Å². The van der Waals surface area contributed by atoms with Crippen molar-refractivity contribution in [3.8, 4) is 17.2 Å². The fourth-order valence-corrected chi connectivity index (χ4v) is 2.70. The van der Waals surface area contributed by atoms with Gasteiger partial charge in [-0.15, -0.1) is 0 Å². The highest BCUT2D eigenvalue weighted by atomic mass is 32.1. The zero-order valence-corrected chi connectivity index (χ0v) is 17.9. The molecule has 0 unspecified atom stereocenters. The Morgan fingerprint density at radius 3 is 2.33 bits per heavy atom. The van der Waals surface area contributed by atoms with E-state index in [-0.39, 0.29) is 6.03 Å². The molecule has 0 bridgehead atoms. The summed E-state index contributed by atoms with van der Waals surface area (Å²) in [5.41, 5.74) is 1.62. The SMILES string of the molecule is CCN(S)C(=O)Nc1ccc2ncc(Nc3cc(OC)c(OC)c(OC)c3)nc2n1. The van der Waals surface area contributed by atoms with Crippen molar-refractivity contribution in [3.63, 3.8) is 0 Å². The first kappa shape index (κ1) is 21.2. The van der Waals surface area contributed by atoms with Crippen molar-refractivity contribution in [2.75, 3.05) is 38.5 Å². The fourth-order valence-electron chi connectivity index (χ4n) is 2.65. The van der Waals surface area contributed by atoms with Gasteiger partial charge in [-0.25, -0.2) is 19.7 Å². The Morgan fingerprint density at radius 1 is 1.07 bits per heavy atom. The number of hydrogen-bond donors (Lipinski definition) is 3. The average Bonchev–Trinajstić information content (AvgIpc) is 2.77. The Balaban J connectivity index is 1.89. The highest BCUT2D eigenvalue weighted by Crippen LogP contribution is 2.40. The van der Waals surface area contributed by atoms with Gasteiger partial charge in [0.25, 0.3) is 0 Å². The lowest BCUT2D eigenvalue weighted by Gasteiger charge is -2.15. The van der Waals surface area contributed by atoms with Crippen molar-refractivity contribution in [3.05, 3.63) is 30.5 Å². The number of nitrogens with one attached hydrogen (secondary N) is 2. The molecule has 0 fully saturated rings. The molecule has 158 valence electrons. The minimum absolute atomic E-state index is 0.347. The monoisotopic (exact) mass is 430 g/mol. The number of urea groups is 1. The molecule has 0 aliphatic heterocycles. The number of hydrogen-bond acceptors (Lipinski definition) is 9. The van der Waals surface area contributed by atoms with Gasteiger partial charge in [0, 0.05) is 24.4 Å². The lowest BCUT2D eigenvalue weighted by Crippen LogP contribution is -2.27. The summed E-state index contributed by atoms with van der Waals surface area (Å²) >= 11 is 4.07. The molecular formula is C19H22N6O4S. The molecule has 2 aromatic heterocycles. The van der Waals surface area contributed by atoms with Crippen LogP contribution in [0.4, 0.5) is 22.1 Å². The molecule has 0 aliphatic rings. The van der Waals surface area contributed by atoms with E-state index in [1.165, 1.54) is 11.4 Å². The number of ether oxygens (including phenoxy) is 3. The van der Waals surface area contributed by atoms with Crippen molar-refractivity contribution in [1.82, 2.24) is 19.3 Å². The van der Waals surface area contributed by atoms with Crippen LogP contribution in [-0.2, 0) is 0 Å². The lowest BCUT2D eigenvalue weighted by molar-refractivity contribution is 0.240. The summed E-state index contributed by atoms with van der Waals surface area (Å²) in [6.45, 7) is 2.26. The molecule has 11 heteroatoms. The first-order valence-electron chi connectivity index (χ1n) is 8.97. The normalized spacial score (nSPS) is 10.4. The van der Waals surface area contributed by atoms with Crippen LogP contribution >= 0.6 is 12.8 Å². The molecule has 3 rings (SSSR count). The molecule has 0 aliphatic carbocycles. The van der Waals surface area contributed by atoms with E-state index in [2.05, 4.69) is 38.4 Å². The van der Waals surface area contributed by atoms with Gasteiger partial charge in [0.2, 0.25) is 5.75 Å². The smallest absolute Gasteiger partial charge is 0.332 e. The third-order valence-corrected chi connectivity index (χ3v) is 4.58. The van der Waals surface area contributed by atoms with Crippen LogP contribution in [0.25, 0.3) is 11.2 Å². The molecule has 10 nitrogen and oxygen atoms in total. The molecule has 0 atom stereocenters. The number of nitrogens with zero attached hydrogens (tertiary/aromatic N) is 4. The maximum atomic E-state index is 12.0. The van der Waals surface area contributed by atoms with Crippen molar-refractivity contribution < 1.29 is 19.0 Å². The number of benzene rings is 1. The van der Waals surface area contributed by atoms with Crippen LogP contribution in [0.2, 0.25) is 0 Å². The molecule has 30 heavy (non-hydrogen) atoms. The van der Waals surface area contributed by atoms with E-state index in [0.29, 0.717) is 52.3 Å². The molecule has 2 N–H and O–H groups in total. The van der Waals surface area contributed by atoms with Crippen LogP contribution in [0.5, 0.6) is 17.2 Å². The second-order valence-corrected chi connectivity index (χ2v) is 6.46. The third-order valence-electron chi connectivity index (χ3n) is 4.11. The van der Waals surface area contributed by atoms with E-state index in [1.54, 1.807) is 44.7 Å². The number of amides is 2. The molecule has 0 spiro atoms. The molecule has 2 amide bonds. The molecule has 1 aromatic carbocycles. The molecule has 3 aromatic rings. The van der Waals surface area contributed by atoms with Crippen LogP contribution in [0.15, 0.2) is 30.5 Å². The second-order valence-electron chi connectivity index (χ2n) is 5.98. The summed E-state index contributed by atoms with van der Waals surface area (Å²) in [5.74, 6) is 2.30. The lowest BCUT2D eigenvalue weighted by atomic mass is 10.2. The Hall–Kier alpha value is -3.47. The Bertz CT molecular complexity index is 1040. The van der Waals surface area contributed by atoms with E-state index < -0.39 is 0 Å². The topological polar surface area (TPSA) is 111 Å². The first-order chi connectivity index (χ1) is 14.5. The van der Waals surface area contributed by atoms with Gasteiger partial charge in [-0.05, 0) is 19.1 Å². The van der Waals surface area contributed by atoms with E-state index in [0.717, 1.165) is 0 Å². The van der Waals surface area contributed by atoms with Crippen LogP contribution in [-0.4, -0.2) is 53.2 Å². The van der Waals surface area contributed by atoms with E-state index in [1.807, 2.05) is 6.92 Å². The summed E-state index contributed by atoms with van der Waals surface area (Å²) in [4.78, 5) is 25.2. The first-order valence-corrected chi connectivity index (χ1v) is 9.37. The summed E-state index contributed by atoms with van der Waals surface area (Å²) in [6, 6.07) is 6.50. The highest BCUT2D eigenvalue weighted by Gasteiger charge is 2.14. The number of carbonyl (C=O) groups is 1. The Morgan fingerprint density at radius 2 is 1.73 bits per heavy atom. The van der Waals surface area contributed by atoms with Gasteiger partial charge in [0.05, 0.1) is 27.5 Å². The number of fused-ring (bicyclic) bond motifs is 1. The fraction of sp³-hybridized carbons (Fsp3) is 0.263. The van der Waals surface area contributed by atoms with Crippen LogP contribution < -0.4 is 24.8 Å². The van der Waals surface area contributed by atoms with E-state index in [9.17, 15) is 4.79 Å². The van der Waals surface area contributed by atoms with Crippen molar-refractivity contribution in [2.24, 2.45) is 0 Å². The molecular weight excluding hydrogens is 408 g/mol. The third kappa shape index (κ3) is 4.57. The zero-order chi connectivity index (χ0) is 21.7. The van der Waals surface area contributed by atoms with Gasteiger partial charge in [0.1, 0.15) is 11.3 Å². The second kappa shape index (κ2) is 9.35. The molecule has 2 heterocycles. The summed E-state index contributed by atoms with van der Waals surface area (Å²) in [5, 5.41) is 5.81. The molecule has 0 radical (unpaired) electrons. The summed E-state index contributed by atoms with van der Waals surface area (Å²) < 4.78 is 17.3. The van der Waals surface area contributed by atoms with Crippen molar-refractivity contribution in [1.29, 1.82) is 0 Å². The number of methoxy groups -OCH3 is 3. The Kier molecular flexibility index (Phi) is 6.62. The van der Waals surface area contributed by atoms with Gasteiger partial charge < -0.3 is 19.5 Å². The summed E-state index contributed by atoms with van der Waals surface area (Å²) in [7, 11) is 4.63. The number of pyridine rings is 1.